The highest BCUT2D eigenvalue weighted by atomic mass is 16.5. The maximum absolute atomic E-state index is 5.96. The van der Waals surface area contributed by atoms with Gasteiger partial charge in [-0.25, -0.2) is 4.68 Å². The average molecular weight is 302 g/mol. The Bertz CT molecular complexity index is 606. The lowest BCUT2D eigenvalue weighted by molar-refractivity contribution is 0.193. The number of likely N-dealkylation sites (tertiary alicyclic amines) is 1. The van der Waals surface area contributed by atoms with Gasteiger partial charge in [-0.05, 0) is 49.8 Å². The van der Waals surface area contributed by atoms with Crippen LogP contribution < -0.4 is 4.74 Å². The van der Waals surface area contributed by atoms with Crippen LogP contribution in [0.2, 0.25) is 0 Å². The Hall–Kier alpha value is -2.02. The maximum Gasteiger partial charge on any atom is 0.165 e. The minimum Gasteiger partial charge on any atom is -0.487 e. The molecular formula is C15H22N6O. The van der Waals surface area contributed by atoms with Crippen LogP contribution in [-0.4, -0.2) is 49.3 Å². The summed E-state index contributed by atoms with van der Waals surface area (Å²) in [4.78, 5) is 6.41. The standard InChI is InChI=1S/C15H22N6O/c1-15(2,3)21-14(17-18-19-21)11-20-8-6-13(10-20)22-12-5-4-7-16-9-12/h4-5,7,9,13H,6,8,10-11H2,1-3H3. The van der Waals surface area contributed by atoms with Crippen molar-refractivity contribution < 1.29 is 4.74 Å². The third kappa shape index (κ3) is 3.41. The molecule has 0 saturated carbocycles. The SMILES string of the molecule is CC(C)(C)n1nnnc1CN1CCC(Oc2cccnc2)C1. The van der Waals surface area contributed by atoms with Crippen molar-refractivity contribution in [2.45, 2.75) is 45.4 Å². The van der Waals surface area contributed by atoms with Gasteiger partial charge in [-0.1, -0.05) is 0 Å². The lowest BCUT2D eigenvalue weighted by Gasteiger charge is -2.22. The molecule has 7 heteroatoms. The molecule has 0 bridgehead atoms. The first kappa shape index (κ1) is 14.9. The zero-order valence-electron chi connectivity index (χ0n) is 13.3. The number of ether oxygens (including phenoxy) is 1. The molecule has 118 valence electrons. The smallest absolute Gasteiger partial charge is 0.165 e. The van der Waals surface area contributed by atoms with E-state index in [0.717, 1.165) is 37.6 Å². The van der Waals surface area contributed by atoms with Gasteiger partial charge in [0.2, 0.25) is 0 Å². The summed E-state index contributed by atoms with van der Waals surface area (Å²) in [5, 5.41) is 12.1. The lowest BCUT2D eigenvalue weighted by atomic mass is 10.1. The van der Waals surface area contributed by atoms with Crippen molar-refractivity contribution in [1.82, 2.24) is 30.1 Å². The second-order valence-corrected chi connectivity index (χ2v) is 6.63. The molecule has 1 aliphatic rings. The van der Waals surface area contributed by atoms with E-state index in [2.05, 4.69) is 46.2 Å². The van der Waals surface area contributed by atoms with E-state index in [9.17, 15) is 0 Å². The van der Waals surface area contributed by atoms with Gasteiger partial charge in [0.15, 0.2) is 5.82 Å². The lowest BCUT2D eigenvalue weighted by Crippen LogP contribution is -2.30. The topological polar surface area (TPSA) is 69.0 Å². The van der Waals surface area contributed by atoms with E-state index < -0.39 is 0 Å². The molecule has 2 aromatic heterocycles. The van der Waals surface area contributed by atoms with Crippen LogP contribution in [0.4, 0.5) is 0 Å². The number of rotatable bonds is 4. The van der Waals surface area contributed by atoms with Crippen LogP contribution in [0.15, 0.2) is 24.5 Å². The van der Waals surface area contributed by atoms with Crippen molar-refractivity contribution in [3.8, 4) is 5.75 Å². The van der Waals surface area contributed by atoms with Crippen molar-refractivity contribution in [2.24, 2.45) is 0 Å². The molecule has 1 fully saturated rings. The third-order valence-corrected chi connectivity index (χ3v) is 3.70. The number of hydrogen-bond donors (Lipinski definition) is 0. The van der Waals surface area contributed by atoms with Crippen LogP contribution in [-0.2, 0) is 12.1 Å². The molecule has 0 N–H and O–H groups in total. The maximum atomic E-state index is 5.96. The Balaban J connectivity index is 1.59. The van der Waals surface area contributed by atoms with Gasteiger partial charge in [0, 0.05) is 19.3 Å². The van der Waals surface area contributed by atoms with Gasteiger partial charge in [0.25, 0.3) is 0 Å². The summed E-state index contributed by atoms with van der Waals surface area (Å²) in [5.41, 5.74) is -0.107. The molecule has 1 saturated heterocycles. The van der Waals surface area contributed by atoms with E-state index in [4.69, 9.17) is 4.74 Å². The summed E-state index contributed by atoms with van der Waals surface area (Å²) >= 11 is 0. The molecule has 3 rings (SSSR count). The first-order chi connectivity index (χ1) is 10.5. The normalized spacial score (nSPS) is 19.5. The van der Waals surface area contributed by atoms with Crippen LogP contribution in [0.1, 0.15) is 33.0 Å². The molecule has 1 aliphatic heterocycles. The molecule has 7 nitrogen and oxygen atoms in total. The van der Waals surface area contributed by atoms with E-state index in [1.807, 2.05) is 16.8 Å². The predicted molar refractivity (Wildman–Crippen MR) is 81.4 cm³/mol. The molecular weight excluding hydrogens is 280 g/mol. The Morgan fingerprint density at radius 2 is 2.23 bits per heavy atom. The van der Waals surface area contributed by atoms with Crippen LogP contribution in [0.25, 0.3) is 0 Å². The molecule has 2 aromatic rings. The van der Waals surface area contributed by atoms with Gasteiger partial charge in [-0.15, -0.1) is 5.10 Å². The summed E-state index contributed by atoms with van der Waals surface area (Å²) in [6, 6.07) is 3.83. The molecule has 1 atom stereocenters. The van der Waals surface area contributed by atoms with E-state index in [1.165, 1.54) is 0 Å². The number of aromatic nitrogens is 5. The van der Waals surface area contributed by atoms with Gasteiger partial charge in [0.1, 0.15) is 11.9 Å². The zero-order valence-corrected chi connectivity index (χ0v) is 13.3. The fraction of sp³-hybridized carbons (Fsp3) is 0.600. The number of hydrogen-bond acceptors (Lipinski definition) is 6. The second-order valence-electron chi connectivity index (χ2n) is 6.63. The molecule has 0 aromatic carbocycles. The van der Waals surface area contributed by atoms with E-state index in [1.54, 1.807) is 12.4 Å². The highest BCUT2D eigenvalue weighted by Gasteiger charge is 2.27. The second kappa shape index (κ2) is 6.00. The highest BCUT2D eigenvalue weighted by Crippen LogP contribution is 2.20. The fourth-order valence-electron chi connectivity index (χ4n) is 2.67. The summed E-state index contributed by atoms with van der Waals surface area (Å²) in [5.74, 6) is 1.73. The van der Waals surface area contributed by atoms with Gasteiger partial charge in [-0.3, -0.25) is 9.88 Å². The Labute approximate surface area is 130 Å². The highest BCUT2D eigenvalue weighted by molar-refractivity contribution is 5.16. The van der Waals surface area contributed by atoms with Crippen LogP contribution in [0.5, 0.6) is 5.75 Å². The Kier molecular flexibility index (Phi) is 4.06. The molecule has 22 heavy (non-hydrogen) atoms. The van der Waals surface area contributed by atoms with E-state index in [-0.39, 0.29) is 11.6 Å². The van der Waals surface area contributed by atoms with Crippen LogP contribution in [0, 0.1) is 0 Å². The van der Waals surface area contributed by atoms with Crippen molar-refractivity contribution in [3.05, 3.63) is 30.4 Å². The predicted octanol–water partition coefficient (Wildman–Crippen LogP) is 1.48. The van der Waals surface area contributed by atoms with Crippen LogP contribution in [0.3, 0.4) is 0 Å². The van der Waals surface area contributed by atoms with Crippen molar-refractivity contribution >= 4 is 0 Å². The molecule has 0 amide bonds. The zero-order chi connectivity index (χ0) is 15.6. The van der Waals surface area contributed by atoms with Crippen molar-refractivity contribution in [2.75, 3.05) is 13.1 Å². The minimum atomic E-state index is -0.107. The Morgan fingerprint density at radius 3 is 2.95 bits per heavy atom. The largest absolute Gasteiger partial charge is 0.487 e. The van der Waals surface area contributed by atoms with Gasteiger partial charge in [0.05, 0.1) is 18.3 Å². The van der Waals surface area contributed by atoms with Crippen molar-refractivity contribution in [3.63, 3.8) is 0 Å². The number of tetrazole rings is 1. The fourth-order valence-corrected chi connectivity index (χ4v) is 2.67. The molecule has 3 heterocycles. The average Bonchev–Trinajstić information content (AvgIpc) is 3.09. The summed E-state index contributed by atoms with van der Waals surface area (Å²) in [6.45, 7) is 8.92. The molecule has 0 aliphatic carbocycles. The summed E-state index contributed by atoms with van der Waals surface area (Å²) < 4.78 is 7.85. The molecule has 1 unspecified atom stereocenters. The summed E-state index contributed by atoms with van der Waals surface area (Å²) in [6.07, 6.45) is 4.71. The van der Waals surface area contributed by atoms with E-state index >= 15 is 0 Å². The quantitative estimate of drug-likeness (QED) is 0.852. The number of pyridine rings is 1. The van der Waals surface area contributed by atoms with Crippen molar-refractivity contribution in [1.29, 1.82) is 0 Å². The summed E-state index contributed by atoms with van der Waals surface area (Å²) in [7, 11) is 0. The first-order valence-electron chi connectivity index (χ1n) is 7.59. The van der Waals surface area contributed by atoms with Gasteiger partial charge in [-0.2, -0.15) is 0 Å². The molecule has 0 radical (unpaired) electrons. The third-order valence-electron chi connectivity index (χ3n) is 3.70. The van der Waals surface area contributed by atoms with Gasteiger partial charge < -0.3 is 4.74 Å². The van der Waals surface area contributed by atoms with Gasteiger partial charge >= 0.3 is 0 Å². The minimum absolute atomic E-state index is 0.107. The number of nitrogens with zero attached hydrogens (tertiary/aromatic N) is 6. The Morgan fingerprint density at radius 1 is 1.36 bits per heavy atom. The van der Waals surface area contributed by atoms with E-state index in [0.29, 0.717) is 0 Å². The molecule has 0 spiro atoms. The monoisotopic (exact) mass is 302 g/mol. The first-order valence-corrected chi connectivity index (χ1v) is 7.59. The van der Waals surface area contributed by atoms with Crippen LogP contribution >= 0.6 is 0 Å².